The van der Waals surface area contributed by atoms with Gasteiger partial charge in [0, 0.05) is 23.7 Å². The predicted octanol–water partition coefficient (Wildman–Crippen LogP) is 2.52. The van der Waals surface area contributed by atoms with Crippen LogP contribution in [0.25, 0.3) is 0 Å². The third-order valence-electron chi connectivity index (χ3n) is 2.05. The number of nitrogens with two attached hydrogens (primary N) is 1. The number of nitrogens with one attached hydrogen (secondary N) is 1. The Bertz CT molecular complexity index is 413. The van der Waals surface area contributed by atoms with E-state index in [-0.39, 0.29) is 12.3 Å². The maximum absolute atomic E-state index is 11.7. The van der Waals surface area contributed by atoms with Gasteiger partial charge in [0.25, 0.3) is 0 Å². The Balaban J connectivity index is 2.72. The van der Waals surface area contributed by atoms with Gasteiger partial charge in [-0.1, -0.05) is 0 Å². The summed E-state index contributed by atoms with van der Waals surface area (Å²) in [7, 11) is 1.58. The first-order chi connectivity index (χ1) is 7.81. The van der Waals surface area contributed by atoms with Crippen LogP contribution in [0.4, 0.5) is 5.69 Å². The lowest BCUT2D eigenvalue weighted by molar-refractivity contribution is -0.117. The lowest BCUT2D eigenvalue weighted by Crippen LogP contribution is -2.36. The van der Waals surface area contributed by atoms with Crippen LogP contribution in [-0.4, -0.2) is 18.6 Å². The highest BCUT2D eigenvalue weighted by molar-refractivity contribution is 9.10. The fraction of sp³-hybridized carbons (Fsp3) is 0.417. The highest BCUT2D eigenvalue weighted by Gasteiger charge is 2.16. The second-order valence-corrected chi connectivity index (χ2v) is 5.42. The summed E-state index contributed by atoms with van der Waals surface area (Å²) in [5.74, 6) is 0.566. The van der Waals surface area contributed by atoms with Gasteiger partial charge < -0.3 is 15.8 Å². The van der Waals surface area contributed by atoms with Gasteiger partial charge in [0.05, 0.1) is 11.6 Å². The molecule has 0 radical (unpaired) electrons. The molecule has 1 aromatic rings. The summed E-state index contributed by atoms with van der Waals surface area (Å²) in [4.78, 5) is 11.7. The Morgan fingerprint density at radius 1 is 1.53 bits per heavy atom. The first kappa shape index (κ1) is 14.0. The van der Waals surface area contributed by atoms with Crippen molar-refractivity contribution in [1.82, 2.24) is 0 Å². The van der Waals surface area contributed by atoms with Crippen LogP contribution < -0.4 is 15.8 Å². The highest BCUT2D eigenvalue weighted by atomic mass is 79.9. The maximum atomic E-state index is 11.7. The minimum absolute atomic E-state index is 0.109. The van der Waals surface area contributed by atoms with Crippen molar-refractivity contribution in [3.63, 3.8) is 0 Å². The standard InChI is InChI=1S/C12H17BrN2O2/c1-12(2,14)7-11(16)15-8-4-5-9(13)10(6-8)17-3/h4-6H,7,14H2,1-3H3,(H,15,16). The van der Waals surface area contributed by atoms with E-state index < -0.39 is 5.54 Å². The molecular formula is C12H17BrN2O2. The Kier molecular flexibility index (Phi) is 4.54. The molecule has 0 fully saturated rings. The normalized spacial score (nSPS) is 11.1. The molecule has 0 aliphatic rings. The molecule has 0 bridgehead atoms. The molecule has 0 heterocycles. The number of hydrogen-bond acceptors (Lipinski definition) is 3. The van der Waals surface area contributed by atoms with Crippen molar-refractivity contribution in [3.05, 3.63) is 22.7 Å². The SMILES string of the molecule is COc1cc(NC(=O)CC(C)(C)N)ccc1Br. The molecule has 17 heavy (non-hydrogen) atoms. The van der Waals surface area contributed by atoms with Crippen molar-refractivity contribution in [2.75, 3.05) is 12.4 Å². The number of benzene rings is 1. The largest absolute Gasteiger partial charge is 0.495 e. The summed E-state index contributed by atoms with van der Waals surface area (Å²) >= 11 is 3.35. The molecule has 94 valence electrons. The Labute approximate surface area is 110 Å². The number of carbonyl (C=O) groups excluding carboxylic acids is 1. The zero-order chi connectivity index (χ0) is 13.1. The fourth-order valence-corrected chi connectivity index (χ4v) is 1.77. The number of anilines is 1. The van der Waals surface area contributed by atoms with Crippen LogP contribution in [0.2, 0.25) is 0 Å². The van der Waals surface area contributed by atoms with Crippen LogP contribution in [-0.2, 0) is 4.79 Å². The van der Waals surface area contributed by atoms with E-state index in [9.17, 15) is 4.79 Å². The molecule has 0 unspecified atom stereocenters. The van der Waals surface area contributed by atoms with Gasteiger partial charge >= 0.3 is 0 Å². The van der Waals surface area contributed by atoms with E-state index in [4.69, 9.17) is 10.5 Å². The van der Waals surface area contributed by atoms with Crippen molar-refractivity contribution in [2.45, 2.75) is 25.8 Å². The number of hydrogen-bond donors (Lipinski definition) is 2. The molecule has 1 aromatic carbocycles. The van der Waals surface area contributed by atoms with E-state index in [1.807, 2.05) is 19.9 Å². The molecule has 0 atom stereocenters. The average Bonchev–Trinajstić information content (AvgIpc) is 2.18. The first-order valence-corrected chi connectivity index (χ1v) is 6.03. The molecule has 1 amide bonds. The second-order valence-electron chi connectivity index (χ2n) is 4.56. The Morgan fingerprint density at radius 3 is 2.71 bits per heavy atom. The van der Waals surface area contributed by atoms with Gasteiger partial charge in [-0.15, -0.1) is 0 Å². The van der Waals surface area contributed by atoms with Crippen LogP contribution in [0.3, 0.4) is 0 Å². The van der Waals surface area contributed by atoms with Gasteiger partial charge in [0.2, 0.25) is 5.91 Å². The van der Waals surface area contributed by atoms with E-state index in [0.717, 1.165) is 4.47 Å². The third kappa shape index (κ3) is 4.75. The number of halogens is 1. The lowest BCUT2D eigenvalue weighted by atomic mass is 10.0. The van der Waals surface area contributed by atoms with Crippen molar-refractivity contribution in [3.8, 4) is 5.75 Å². The fourth-order valence-electron chi connectivity index (χ4n) is 1.36. The quantitative estimate of drug-likeness (QED) is 0.898. The Morgan fingerprint density at radius 2 is 2.18 bits per heavy atom. The summed E-state index contributed by atoms with van der Waals surface area (Å²) in [6.07, 6.45) is 0.269. The molecule has 0 aliphatic heterocycles. The average molecular weight is 301 g/mol. The predicted molar refractivity (Wildman–Crippen MR) is 72.2 cm³/mol. The molecular weight excluding hydrogens is 284 g/mol. The highest BCUT2D eigenvalue weighted by Crippen LogP contribution is 2.27. The number of ether oxygens (including phenoxy) is 1. The molecule has 0 aliphatic carbocycles. The van der Waals surface area contributed by atoms with E-state index in [2.05, 4.69) is 21.2 Å². The van der Waals surface area contributed by atoms with Gasteiger partial charge in [-0.2, -0.15) is 0 Å². The Hall–Kier alpha value is -1.07. The van der Waals surface area contributed by atoms with E-state index in [1.165, 1.54) is 0 Å². The van der Waals surface area contributed by atoms with Crippen molar-refractivity contribution in [1.29, 1.82) is 0 Å². The number of rotatable bonds is 4. The van der Waals surface area contributed by atoms with E-state index >= 15 is 0 Å². The topological polar surface area (TPSA) is 64.3 Å². The molecule has 1 rings (SSSR count). The lowest BCUT2D eigenvalue weighted by Gasteiger charge is -2.17. The van der Waals surface area contributed by atoms with Crippen molar-refractivity contribution in [2.24, 2.45) is 5.73 Å². The molecule has 0 aromatic heterocycles. The summed E-state index contributed by atoms with van der Waals surface area (Å²) in [5, 5.41) is 2.78. The van der Waals surface area contributed by atoms with Gasteiger partial charge in [0.1, 0.15) is 5.75 Å². The van der Waals surface area contributed by atoms with Crippen LogP contribution in [0, 0.1) is 0 Å². The number of carbonyl (C=O) groups is 1. The molecule has 4 nitrogen and oxygen atoms in total. The molecule has 5 heteroatoms. The van der Waals surface area contributed by atoms with E-state index in [0.29, 0.717) is 11.4 Å². The summed E-state index contributed by atoms with van der Waals surface area (Å²) in [5.41, 5.74) is 5.96. The molecule has 0 spiro atoms. The zero-order valence-electron chi connectivity index (χ0n) is 10.2. The van der Waals surface area contributed by atoms with Crippen molar-refractivity contribution >= 4 is 27.5 Å². The maximum Gasteiger partial charge on any atom is 0.226 e. The van der Waals surface area contributed by atoms with Gasteiger partial charge in [-0.05, 0) is 41.9 Å². The summed E-state index contributed by atoms with van der Waals surface area (Å²) in [6, 6.07) is 5.38. The second kappa shape index (κ2) is 5.51. The zero-order valence-corrected chi connectivity index (χ0v) is 11.8. The van der Waals surface area contributed by atoms with Crippen LogP contribution >= 0.6 is 15.9 Å². The van der Waals surface area contributed by atoms with Crippen LogP contribution in [0.5, 0.6) is 5.75 Å². The number of methoxy groups -OCH3 is 1. The summed E-state index contributed by atoms with van der Waals surface area (Å²) < 4.78 is 5.99. The molecule has 3 N–H and O–H groups in total. The van der Waals surface area contributed by atoms with Crippen LogP contribution in [0.1, 0.15) is 20.3 Å². The minimum Gasteiger partial charge on any atom is -0.495 e. The first-order valence-electron chi connectivity index (χ1n) is 5.24. The molecule has 0 saturated carbocycles. The monoisotopic (exact) mass is 300 g/mol. The molecule has 0 saturated heterocycles. The minimum atomic E-state index is -0.510. The van der Waals surface area contributed by atoms with Gasteiger partial charge in [-0.25, -0.2) is 0 Å². The van der Waals surface area contributed by atoms with Gasteiger partial charge in [0.15, 0.2) is 0 Å². The summed E-state index contributed by atoms with van der Waals surface area (Å²) in [6.45, 7) is 3.63. The van der Waals surface area contributed by atoms with Crippen LogP contribution in [0.15, 0.2) is 22.7 Å². The van der Waals surface area contributed by atoms with E-state index in [1.54, 1.807) is 19.2 Å². The van der Waals surface area contributed by atoms with Crippen molar-refractivity contribution < 1.29 is 9.53 Å². The third-order valence-corrected chi connectivity index (χ3v) is 2.71. The number of amides is 1. The smallest absolute Gasteiger partial charge is 0.226 e. The van der Waals surface area contributed by atoms with Gasteiger partial charge in [-0.3, -0.25) is 4.79 Å².